The van der Waals surface area contributed by atoms with Gasteiger partial charge in [0.25, 0.3) is 10.0 Å². The van der Waals surface area contributed by atoms with Gasteiger partial charge in [-0.05, 0) is 62.4 Å². The van der Waals surface area contributed by atoms with Crippen molar-refractivity contribution in [3.63, 3.8) is 0 Å². The molecule has 0 amide bonds. The van der Waals surface area contributed by atoms with Gasteiger partial charge in [0.1, 0.15) is 0 Å². The molecule has 0 unspecified atom stereocenters. The van der Waals surface area contributed by atoms with Gasteiger partial charge in [0.05, 0.1) is 22.7 Å². The van der Waals surface area contributed by atoms with E-state index in [1.165, 1.54) is 0 Å². The Morgan fingerprint density at radius 2 is 1.60 bits per heavy atom. The minimum atomic E-state index is -3.66. The zero-order valence-electron chi connectivity index (χ0n) is 14.7. The lowest BCUT2D eigenvalue weighted by Crippen LogP contribution is -2.38. The molecule has 0 saturated heterocycles. The number of aryl methyl sites for hydroxylation is 3. The smallest absolute Gasteiger partial charge is 0.264 e. The van der Waals surface area contributed by atoms with Crippen molar-refractivity contribution in [2.45, 2.75) is 56.6 Å². The van der Waals surface area contributed by atoms with Gasteiger partial charge in [0.15, 0.2) is 0 Å². The van der Waals surface area contributed by atoms with Crippen molar-refractivity contribution in [1.82, 2.24) is 0 Å². The van der Waals surface area contributed by atoms with Crippen LogP contribution < -0.4 is 4.31 Å². The van der Waals surface area contributed by atoms with E-state index in [-0.39, 0.29) is 12.0 Å². The van der Waals surface area contributed by atoms with Gasteiger partial charge < -0.3 is 5.11 Å². The number of rotatable bonds is 2. The van der Waals surface area contributed by atoms with Gasteiger partial charge >= 0.3 is 0 Å². The van der Waals surface area contributed by atoms with Crippen LogP contribution >= 0.6 is 0 Å². The minimum Gasteiger partial charge on any atom is -0.393 e. The zero-order valence-corrected chi connectivity index (χ0v) is 15.5. The normalized spacial score (nSPS) is 25.1. The summed E-state index contributed by atoms with van der Waals surface area (Å²) in [5, 5.41) is 10.2. The van der Waals surface area contributed by atoms with E-state index in [0.717, 1.165) is 27.9 Å². The molecule has 2 aromatic rings. The van der Waals surface area contributed by atoms with E-state index in [4.69, 9.17) is 0 Å². The third kappa shape index (κ3) is 2.41. The summed E-state index contributed by atoms with van der Waals surface area (Å²) in [7, 11) is -3.66. The number of benzene rings is 2. The van der Waals surface area contributed by atoms with Crippen LogP contribution in [0.5, 0.6) is 0 Å². The fraction of sp³-hybridized carbons (Fsp3) is 0.400. The van der Waals surface area contributed by atoms with Crippen molar-refractivity contribution >= 4 is 15.7 Å². The maximum Gasteiger partial charge on any atom is 0.264 e. The molecule has 4 nitrogen and oxygen atoms in total. The molecule has 25 heavy (non-hydrogen) atoms. The predicted octanol–water partition coefficient (Wildman–Crippen LogP) is 3.43. The van der Waals surface area contributed by atoms with Crippen LogP contribution in [-0.4, -0.2) is 25.7 Å². The third-order valence-corrected chi connectivity index (χ3v) is 7.45. The summed E-state index contributed by atoms with van der Waals surface area (Å²) in [6.45, 7) is 5.94. The van der Waals surface area contributed by atoms with Crippen LogP contribution in [0.2, 0.25) is 0 Å². The average molecular weight is 357 g/mol. The summed E-state index contributed by atoms with van der Waals surface area (Å²) < 4.78 is 28.5. The van der Waals surface area contributed by atoms with Crippen LogP contribution in [-0.2, 0) is 10.0 Å². The molecule has 132 valence electrons. The van der Waals surface area contributed by atoms with Crippen LogP contribution in [0.4, 0.5) is 5.69 Å². The fourth-order valence-corrected chi connectivity index (χ4v) is 6.20. The largest absolute Gasteiger partial charge is 0.393 e. The Kier molecular flexibility index (Phi) is 3.71. The molecule has 1 fully saturated rings. The van der Waals surface area contributed by atoms with E-state index >= 15 is 0 Å². The number of aliphatic hydroxyl groups is 1. The molecule has 0 aromatic heterocycles. The molecule has 5 heteroatoms. The Morgan fingerprint density at radius 3 is 2.28 bits per heavy atom. The Hall–Kier alpha value is -1.85. The summed E-state index contributed by atoms with van der Waals surface area (Å²) in [6.07, 6.45) is 0.671. The highest BCUT2D eigenvalue weighted by atomic mass is 32.2. The summed E-state index contributed by atoms with van der Waals surface area (Å²) >= 11 is 0. The molecule has 2 aliphatic rings. The maximum atomic E-state index is 13.5. The van der Waals surface area contributed by atoms with Gasteiger partial charge in [0.2, 0.25) is 0 Å². The van der Waals surface area contributed by atoms with Crippen molar-refractivity contribution in [1.29, 1.82) is 0 Å². The Labute approximate surface area is 149 Å². The van der Waals surface area contributed by atoms with E-state index in [9.17, 15) is 13.5 Å². The fourth-order valence-electron chi connectivity index (χ4n) is 4.43. The highest BCUT2D eigenvalue weighted by molar-refractivity contribution is 7.92. The lowest BCUT2D eigenvalue weighted by atomic mass is 9.92. The Morgan fingerprint density at radius 1 is 0.960 bits per heavy atom. The molecule has 4 rings (SSSR count). The van der Waals surface area contributed by atoms with Crippen LogP contribution in [0.3, 0.4) is 0 Å². The van der Waals surface area contributed by atoms with E-state index in [1.807, 2.05) is 39.0 Å². The van der Waals surface area contributed by atoms with Gasteiger partial charge in [-0.1, -0.05) is 29.8 Å². The summed E-state index contributed by atoms with van der Waals surface area (Å²) in [5.74, 6) is 0.0742. The molecule has 0 bridgehead atoms. The molecular weight excluding hydrogens is 334 g/mol. The van der Waals surface area contributed by atoms with Gasteiger partial charge in [-0.2, -0.15) is 0 Å². The van der Waals surface area contributed by atoms with Gasteiger partial charge in [-0.15, -0.1) is 0 Å². The summed E-state index contributed by atoms with van der Waals surface area (Å²) in [6, 6.07) is 10.8. The average Bonchev–Trinajstić information content (AvgIpc) is 3.06. The quantitative estimate of drug-likeness (QED) is 0.896. The molecule has 1 N–H and O–H groups in total. The molecule has 0 spiro atoms. The van der Waals surface area contributed by atoms with Crippen molar-refractivity contribution in [2.24, 2.45) is 0 Å². The minimum absolute atomic E-state index is 0.0742. The molecular formula is C20H23NO3S. The molecule has 1 saturated carbocycles. The van der Waals surface area contributed by atoms with E-state index < -0.39 is 16.1 Å². The van der Waals surface area contributed by atoms with Crippen LogP contribution in [0.15, 0.2) is 41.3 Å². The number of sulfonamides is 1. The zero-order chi connectivity index (χ0) is 17.9. The maximum absolute atomic E-state index is 13.5. The second-order valence-electron chi connectivity index (χ2n) is 7.37. The first-order valence-electron chi connectivity index (χ1n) is 8.70. The number of fused-ring (bicyclic) bond motifs is 3. The highest BCUT2D eigenvalue weighted by Crippen LogP contribution is 2.53. The number of anilines is 1. The van der Waals surface area contributed by atoms with Crippen molar-refractivity contribution in [3.8, 4) is 0 Å². The van der Waals surface area contributed by atoms with Crippen molar-refractivity contribution in [2.75, 3.05) is 4.31 Å². The van der Waals surface area contributed by atoms with E-state index in [2.05, 4.69) is 6.07 Å². The van der Waals surface area contributed by atoms with Gasteiger partial charge in [0, 0.05) is 5.92 Å². The highest BCUT2D eigenvalue weighted by Gasteiger charge is 2.50. The molecule has 1 heterocycles. The SMILES string of the molecule is Cc1ccc(S(=O)(=O)N2c3c(C)ccc(C)c3[C@@H]3C[C@@H](O)C[C@@H]32)cc1. The molecule has 0 radical (unpaired) electrons. The number of nitrogens with zero attached hydrogens (tertiary/aromatic N) is 1. The molecule has 1 aliphatic carbocycles. The van der Waals surface area contributed by atoms with Gasteiger partial charge in [-0.3, -0.25) is 4.31 Å². The van der Waals surface area contributed by atoms with Crippen LogP contribution in [0, 0.1) is 20.8 Å². The number of aliphatic hydroxyl groups excluding tert-OH is 1. The summed E-state index contributed by atoms with van der Waals surface area (Å²) in [4.78, 5) is 0.312. The van der Waals surface area contributed by atoms with E-state index in [0.29, 0.717) is 17.7 Å². The van der Waals surface area contributed by atoms with Crippen molar-refractivity contribution in [3.05, 3.63) is 58.7 Å². The number of hydrogen-bond acceptors (Lipinski definition) is 3. The lowest BCUT2D eigenvalue weighted by molar-refractivity contribution is 0.179. The molecule has 1 aliphatic heterocycles. The van der Waals surface area contributed by atoms with Gasteiger partial charge in [-0.25, -0.2) is 8.42 Å². The first-order chi connectivity index (χ1) is 11.8. The topological polar surface area (TPSA) is 57.6 Å². The first kappa shape index (κ1) is 16.6. The standard InChI is InChI=1S/C20H23NO3S/c1-12-4-8-16(9-5-12)25(23,24)21-18-11-15(22)10-17(18)19-13(2)6-7-14(3)20(19)21/h4-9,15,17-18,22H,10-11H2,1-3H3/t15-,17-,18+/m1/s1. The molecule has 3 atom stereocenters. The van der Waals surface area contributed by atoms with E-state index in [1.54, 1.807) is 16.4 Å². The van der Waals surface area contributed by atoms with Crippen LogP contribution in [0.1, 0.15) is 41.0 Å². The third-order valence-electron chi connectivity index (χ3n) is 5.61. The monoisotopic (exact) mass is 357 g/mol. The lowest BCUT2D eigenvalue weighted by Gasteiger charge is -2.27. The second kappa shape index (κ2) is 5.58. The summed E-state index contributed by atoms with van der Waals surface area (Å²) in [5.41, 5.74) is 5.02. The van der Waals surface area contributed by atoms with Crippen molar-refractivity contribution < 1.29 is 13.5 Å². The number of hydrogen-bond donors (Lipinski definition) is 1. The second-order valence-corrected chi connectivity index (χ2v) is 9.19. The first-order valence-corrected chi connectivity index (χ1v) is 10.1. The Balaban J connectivity index is 1.93. The Bertz CT molecular complexity index is 934. The predicted molar refractivity (Wildman–Crippen MR) is 98.5 cm³/mol. The van der Waals surface area contributed by atoms with Crippen LogP contribution in [0.25, 0.3) is 0 Å². The molecule has 2 aromatic carbocycles.